The lowest BCUT2D eigenvalue weighted by Gasteiger charge is -2.19. The van der Waals surface area contributed by atoms with Crippen LogP contribution in [0.5, 0.6) is 0 Å². The second kappa shape index (κ2) is 8.26. The van der Waals surface area contributed by atoms with E-state index in [0.717, 1.165) is 11.1 Å². The summed E-state index contributed by atoms with van der Waals surface area (Å²) in [5.41, 5.74) is 10.6. The van der Waals surface area contributed by atoms with Gasteiger partial charge < -0.3 is 15.4 Å². The molecule has 0 aliphatic rings. The van der Waals surface area contributed by atoms with E-state index in [1.807, 2.05) is 45.9 Å². The summed E-state index contributed by atoms with van der Waals surface area (Å²) in [6.45, 7) is 8.96. The molecule has 2 N–H and O–H groups in total. The zero-order valence-electron chi connectivity index (χ0n) is 13.5. The van der Waals surface area contributed by atoms with Crippen molar-refractivity contribution >= 4 is 11.8 Å². The van der Waals surface area contributed by atoms with E-state index in [-0.39, 0.29) is 0 Å². The first-order chi connectivity index (χ1) is 10.3. The van der Waals surface area contributed by atoms with Gasteiger partial charge in [-0.05, 0) is 44.4 Å². The van der Waals surface area contributed by atoms with E-state index in [9.17, 15) is 4.79 Å². The number of carbonyl (C=O) groups is 1. The van der Waals surface area contributed by atoms with Gasteiger partial charge in [0.15, 0.2) is 0 Å². The number of hydrogen-bond acceptors (Lipinski definition) is 4. The average Bonchev–Trinajstić information content (AvgIpc) is 2.40. The van der Waals surface area contributed by atoms with Crippen LogP contribution in [0.2, 0.25) is 0 Å². The van der Waals surface area contributed by atoms with Gasteiger partial charge in [0.05, 0.1) is 0 Å². The van der Waals surface area contributed by atoms with Crippen LogP contribution in [0.3, 0.4) is 0 Å². The Hall–Kier alpha value is -2.24. The van der Waals surface area contributed by atoms with Crippen molar-refractivity contribution in [1.29, 1.82) is 0 Å². The molecule has 120 valence electrons. The molecule has 0 radical (unpaired) electrons. The first-order valence-corrected chi connectivity index (χ1v) is 7.14. The van der Waals surface area contributed by atoms with Gasteiger partial charge in [0, 0.05) is 30.2 Å². The van der Waals surface area contributed by atoms with Crippen LogP contribution in [0.25, 0.3) is 10.4 Å². The molecule has 7 nitrogen and oxygen atoms in total. The molecule has 0 heterocycles. The lowest BCUT2D eigenvalue weighted by atomic mass is 10.1. The first kappa shape index (κ1) is 17.8. The summed E-state index contributed by atoms with van der Waals surface area (Å²) in [7, 11) is 0. The van der Waals surface area contributed by atoms with Crippen molar-refractivity contribution in [2.75, 3.05) is 13.1 Å². The third kappa shape index (κ3) is 6.47. The third-order valence-corrected chi connectivity index (χ3v) is 2.75. The number of azide groups is 1. The van der Waals surface area contributed by atoms with Crippen LogP contribution < -0.4 is 10.6 Å². The number of carbonyl (C=O) groups excluding carboxylic acids is 1. The van der Waals surface area contributed by atoms with Crippen molar-refractivity contribution in [1.82, 2.24) is 10.6 Å². The van der Waals surface area contributed by atoms with E-state index < -0.39 is 11.7 Å². The van der Waals surface area contributed by atoms with Crippen LogP contribution in [0.15, 0.2) is 23.3 Å². The Morgan fingerprint density at radius 3 is 2.73 bits per heavy atom. The summed E-state index contributed by atoms with van der Waals surface area (Å²) in [6, 6.07) is 5.73. The molecule has 1 aromatic rings. The largest absolute Gasteiger partial charge is 0.444 e. The number of nitrogens with one attached hydrogen (secondary N) is 2. The Balaban J connectivity index is 2.38. The number of aryl methyl sites for hydroxylation is 1. The van der Waals surface area contributed by atoms with Gasteiger partial charge in [-0.2, -0.15) is 0 Å². The molecule has 22 heavy (non-hydrogen) atoms. The molecule has 0 saturated carbocycles. The molecule has 7 heteroatoms. The SMILES string of the molecule is Cc1cccc(CNCCNC(=O)OC(C)(C)C)c1N=[N+]=[N-]. The fourth-order valence-electron chi connectivity index (χ4n) is 1.84. The van der Waals surface area contributed by atoms with Crippen LogP contribution in [-0.2, 0) is 11.3 Å². The molecule has 0 atom stereocenters. The van der Waals surface area contributed by atoms with Crippen LogP contribution >= 0.6 is 0 Å². The van der Waals surface area contributed by atoms with Crippen LogP contribution in [-0.4, -0.2) is 24.8 Å². The minimum absolute atomic E-state index is 0.431. The van der Waals surface area contributed by atoms with E-state index in [1.54, 1.807) is 0 Å². The average molecular weight is 305 g/mol. The van der Waals surface area contributed by atoms with Crippen LogP contribution in [0.4, 0.5) is 10.5 Å². The minimum Gasteiger partial charge on any atom is -0.444 e. The van der Waals surface area contributed by atoms with Gasteiger partial charge in [-0.15, -0.1) is 0 Å². The highest BCUT2D eigenvalue weighted by atomic mass is 16.6. The standard InChI is InChI=1S/C15H23N5O2/c1-11-6-5-7-12(13(11)19-20-16)10-17-8-9-18-14(21)22-15(2,3)4/h5-7,17H,8-10H2,1-4H3,(H,18,21). The summed E-state index contributed by atoms with van der Waals surface area (Å²) < 4.78 is 5.14. The first-order valence-electron chi connectivity index (χ1n) is 7.14. The molecule has 0 aliphatic carbocycles. The van der Waals surface area contributed by atoms with Gasteiger partial charge in [0.25, 0.3) is 0 Å². The van der Waals surface area contributed by atoms with Crippen molar-refractivity contribution in [2.24, 2.45) is 5.11 Å². The monoisotopic (exact) mass is 305 g/mol. The van der Waals surface area contributed by atoms with E-state index in [1.165, 1.54) is 0 Å². The molecular formula is C15H23N5O2. The molecule has 0 aromatic heterocycles. The molecule has 0 spiro atoms. The van der Waals surface area contributed by atoms with E-state index in [0.29, 0.717) is 25.3 Å². The van der Waals surface area contributed by atoms with Gasteiger partial charge in [0.2, 0.25) is 0 Å². The van der Waals surface area contributed by atoms with Gasteiger partial charge in [-0.25, -0.2) is 4.79 Å². The quantitative estimate of drug-likeness (QED) is 0.364. The van der Waals surface area contributed by atoms with Crippen molar-refractivity contribution in [3.8, 4) is 0 Å². The summed E-state index contributed by atoms with van der Waals surface area (Å²) >= 11 is 0. The van der Waals surface area contributed by atoms with Gasteiger partial charge in [-0.1, -0.05) is 23.3 Å². The van der Waals surface area contributed by atoms with E-state index >= 15 is 0 Å². The van der Waals surface area contributed by atoms with Crippen molar-refractivity contribution in [2.45, 2.75) is 39.8 Å². The highest BCUT2D eigenvalue weighted by Crippen LogP contribution is 2.23. The number of rotatable bonds is 6. The number of alkyl carbamates (subject to hydrolysis) is 1. The fourth-order valence-corrected chi connectivity index (χ4v) is 1.84. The third-order valence-electron chi connectivity index (χ3n) is 2.75. The van der Waals surface area contributed by atoms with Gasteiger partial charge in [0.1, 0.15) is 5.60 Å². The predicted octanol–water partition coefficient (Wildman–Crippen LogP) is 3.55. The minimum atomic E-state index is -0.497. The molecule has 0 bridgehead atoms. The highest BCUT2D eigenvalue weighted by Gasteiger charge is 2.15. The second-order valence-corrected chi connectivity index (χ2v) is 5.88. The Kier molecular flexibility index (Phi) is 6.69. The van der Waals surface area contributed by atoms with Crippen molar-refractivity contribution in [3.05, 3.63) is 39.8 Å². The van der Waals surface area contributed by atoms with Crippen molar-refractivity contribution < 1.29 is 9.53 Å². The Morgan fingerprint density at radius 2 is 2.09 bits per heavy atom. The Morgan fingerprint density at radius 1 is 1.36 bits per heavy atom. The molecular weight excluding hydrogens is 282 g/mol. The fraction of sp³-hybridized carbons (Fsp3) is 0.533. The number of nitrogens with zero attached hydrogens (tertiary/aromatic N) is 3. The number of hydrogen-bond donors (Lipinski definition) is 2. The highest BCUT2D eigenvalue weighted by molar-refractivity contribution is 5.67. The molecule has 0 fully saturated rings. The van der Waals surface area contributed by atoms with E-state index in [4.69, 9.17) is 10.3 Å². The van der Waals surface area contributed by atoms with Crippen LogP contribution in [0, 0.1) is 6.92 Å². The lowest BCUT2D eigenvalue weighted by molar-refractivity contribution is 0.0528. The van der Waals surface area contributed by atoms with Crippen molar-refractivity contribution in [3.63, 3.8) is 0 Å². The molecule has 0 saturated heterocycles. The maximum absolute atomic E-state index is 11.5. The summed E-state index contributed by atoms with van der Waals surface area (Å²) in [5, 5.41) is 9.59. The zero-order valence-corrected chi connectivity index (χ0v) is 13.5. The summed E-state index contributed by atoms with van der Waals surface area (Å²) in [4.78, 5) is 14.3. The zero-order chi connectivity index (χ0) is 16.6. The molecule has 1 amide bonds. The molecule has 0 unspecified atom stereocenters. The van der Waals surface area contributed by atoms with E-state index in [2.05, 4.69) is 20.7 Å². The normalized spacial score (nSPS) is 10.7. The van der Waals surface area contributed by atoms with Gasteiger partial charge in [-0.3, -0.25) is 0 Å². The molecule has 1 rings (SSSR count). The predicted molar refractivity (Wildman–Crippen MR) is 85.9 cm³/mol. The smallest absolute Gasteiger partial charge is 0.407 e. The lowest BCUT2D eigenvalue weighted by Crippen LogP contribution is -2.36. The maximum atomic E-state index is 11.5. The summed E-state index contributed by atoms with van der Waals surface area (Å²) in [6.07, 6.45) is -0.431. The summed E-state index contributed by atoms with van der Waals surface area (Å²) in [5.74, 6) is 0. The van der Waals surface area contributed by atoms with Gasteiger partial charge >= 0.3 is 6.09 Å². The maximum Gasteiger partial charge on any atom is 0.407 e. The second-order valence-electron chi connectivity index (χ2n) is 5.88. The van der Waals surface area contributed by atoms with Crippen LogP contribution in [0.1, 0.15) is 31.9 Å². The molecule has 1 aromatic carbocycles. The molecule has 0 aliphatic heterocycles. The number of ether oxygens (including phenoxy) is 1. The number of benzene rings is 1. The Labute approximate surface area is 130 Å². The Bertz CT molecular complexity index is 560. The topological polar surface area (TPSA) is 99.1 Å². The number of amides is 1.